The third-order valence-electron chi connectivity index (χ3n) is 3.36. The molecule has 2 rings (SSSR count). The number of carbonyl (C=O) groups excluding carboxylic acids is 1. The zero-order chi connectivity index (χ0) is 16.3. The van der Waals surface area contributed by atoms with Crippen molar-refractivity contribution in [2.24, 2.45) is 0 Å². The van der Waals surface area contributed by atoms with Gasteiger partial charge in [0, 0.05) is 25.2 Å². The molecule has 0 radical (unpaired) electrons. The van der Waals surface area contributed by atoms with Crippen molar-refractivity contribution in [2.75, 3.05) is 18.6 Å². The van der Waals surface area contributed by atoms with Gasteiger partial charge in [0.25, 0.3) is 0 Å². The second-order valence-corrected chi connectivity index (χ2v) is 4.95. The Morgan fingerprint density at radius 1 is 1.32 bits per heavy atom. The van der Waals surface area contributed by atoms with Crippen LogP contribution in [-0.2, 0) is 9.53 Å². The normalized spacial score (nSPS) is 12.2. The molecule has 0 aliphatic rings. The predicted molar refractivity (Wildman–Crippen MR) is 78.6 cm³/mol. The maximum absolute atomic E-state index is 13.3. The third kappa shape index (κ3) is 3.47. The van der Waals surface area contributed by atoms with Crippen molar-refractivity contribution in [3.05, 3.63) is 30.0 Å². The molecule has 1 heterocycles. The van der Waals surface area contributed by atoms with Crippen molar-refractivity contribution in [3.8, 4) is 0 Å². The molecule has 1 aromatic heterocycles. The van der Waals surface area contributed by atoms with Crippen LogP contribution in [0.15, 0.2) is 18.3 Å². The minimum atomic E-state index is -0.971. The van der Waals surface area contributed by atoms with Crippen LogP contribution in [0, 0.1) is 11.6 Å². The minimum Gasteiger partial charge on any atom is -0.466 e. The number of benzene rings is 1. The largest absolute Gasteiger partial charge is 0.466 e. The van der Waals surface area contributed by atoms with Crippen molar-refractivity contribution in [1.82, 2.24) is 9.97 Å². The first-order chi connectivity index (χ1) is 10.4. The quantitative estimate of drug-likeness (QED) is 0.795. The molecule has 7 heteroatoms. The number of hydrogen-bond acceptors (Lipinski definition) is 5. The third-order valence-corrected chi connectivity index (χ3v) is 3.36. The van der Waals surface area contributed by atoms with Crippen LogP contribution in [0.1, 0.15) is 20.3 Å². The summed E-state index contributed by atoms with van der Waals surface area (Å²) in [6.07, 6.45) is 1.66. The molecule has 0 spiro atoms. The van der Waals surface area contributed by atoms with E-state index in [1.165, 1.54) is 6.20 Å². The van der Waals surface area contributed by atoms with Crippen LogP contribution in [0.5, 0.6) is 0 Å². The highest BCUT2D eigenvalue weighted by Gasteiger charge is 2.17. The Hall–Kier alpha value is -2.31. The number of nitrogens with zero attached hydrogens (tertiary/aromatic N) is 3. The SMILES string of the molecule is CCOC(=O)CC(C)N(C)c1cnc2cc(F)c(F)cc2n1. The number of rotatable bonds is 5. The van der Waals surface area contributed by atoms with Gasteiger partial charge in [0.1, 0.15) is 5.82 Å². The van der Waals surface area contributed by atoms with Gasteiger partial charge < -0.3 is 9.64 Å². The van der Waals surface area contributed by atoms with Gasteiger partial charge in [-0.3, -0.25) is 9.78 Å². The number of aromatic nitrogens is 2. The van der Waals surface area contributed by atoms with Crippen molar-refractivity contribution >= 4 is 22.8 Å². The zero-order valence-corrected chi connectivity index (χ0v) is 12.6. The molecule has 0 saturated heterocycles. The first-order valence-corrected chi connectivity index (χ1v) is 6.92. The Labute approximate surface area is 126 Å². The summed E-state index contributed by atoms with van der Waals surface area (Å²) in [7, 11) is 1.75. The van der Waals surface area contributed by atoms with Gasteiger partial charge in [0.05, 0.1) is 30.3 Å². The molecule has 1 atom stereocenters. The molecule has 0 aliphatic carbocycles. The molecular formula is C15H17F2N3O2. The first kappa shape index (κ1) is 16.1. The summed E-state index contributed by atoms with van der Waals surface area (Å²) in [5, 5.41) is 0. The lowest BCUT2D eigenvalue weighted by Gasteiger charge is -2.25. The van der Waals surface area contributed by atoms with Crippen molar-refractivity contribution in [2.45, 2.75) is 26.3 Å². The molecule has 0 aliphatic heterocycles. The lowest BCUT2D eigenvalue weighted by molar-refractivity contribution is -0.143. The topological polar surface area (TPSA) is 55.3 Å². The molecule has 0 fully saturated rings. The fourth-order valence-corrected chi connectivity index (χ4v) is 1.99. The lowest BCUT2D eigenvalue weighted by Crippen LogP contribution is -2.32. The molecule has 2 aromatic rings. The van der Waals surface area contributed by atoms with Gasteiger partial charge in [0.15, 0.2) is 11.6 Å². The first-order valence-electron chi connectivity index (χ1n) is 6.92. The van der Waals surface area contributed by atoms with E-state index in [0.717, 1.165) is 12.1 Å². The number of anilines is 1. The summed E-state index contributed by atoms with van der Waals surface area (Å²) < 4.78 is 31.3. The maximum Gasteiger partial charge on any atom is 0.307 e. The monoisotopic (exact) mass is 309 g/mol. The minimum absolute atomic E-state index is 0.170. The second kappa shape index (κ2) is 6.64. The Balaban J connectivity index is 2.22. The molecule has 0 amide bonds. The summed E-state index contributed by atoms with van der Waals surface area (Å²) in [4.78, 5) is 21.6. The van der Waals surface area contributed by atoms with E-state index >= 15 is 0 Å². The van der Waals surface area contributed by atoms with Crippen molar-refractivity contribution in [3.63, 3.8) is 0 Å². The Morgan fingerprint density at radius 3 is 2.59 bits per heavy atom. The Morgan fingerprint density at radius 2 is 1.95 bits per heavy atom. The van der Waals surface area contributed by atoms with E-state index in [2.05, 4.69) is 9.97 Å². The lowest BCUT2D eigenvalue weighted by atomic mass is 10.2. The number of hydrogen-bond donors (Lipinski definition) is 0. The van der Waals surface area contributed by atoms with Crippen molar-refractivity contribution in [1.29, 1.82) is 0 Å². The van der Waals surface area contributed by atoms with Crippen LogP contribution in [0.3, 0.4) is 0 Å². The summed E-state index contributed by atoms with van der Waals surface area (Å²) in [5.41, 5.74) is 0.528. The molecule has 0 saturated carbocycles. The van der Waals surface area contributed by atoms with E-state index in [-0.39, 0.29) is 29.5 Å². The molecule has 118 valence electrons. The smallest absolute Gasteiger partial charge is 0.307 e. The van der Waals surface area contributed by atoms with Crippen LogP contribution in [0.4, 0.5) is 14.6 Å². The van der Waals surface area contributed by atoms with E-state index in [1.54, 1.807) is 18.9 Å². The van der Waals surface area contributed by atoms with Crippen LogP contribution in [0.2, 0.25) is 0 Å². The van der Waals surface area contributed by atoms with E-state index in [9.17, 15) is 13.6 Å². The van der Waals surface area contributed by atoms with E-state index in [4.69, 9.17) is 4.74 Å². The van der Waals surface area contributed by atoms with Crippen molar-refractivity contribution < 1.29 is 18.3 Å². The molecule has 1 unspecified atom stereocenters. The number of halogens is 2. The number of carbonyl (C=O) groups is 1. The fraction of sp³-hybridized carbons (Fsp3) is 0.400. The standard InChI is InChI=1S/C15H17F2N3O2/c1-4-22-15(21)5-9(2)20(3)14-8-18-12-6-10(16)11(17)7-13(12)19-14/h6-9H,4-5H2,1-3H3. The number of fused-ring (bicyclic) bond motifs is 1. The van der Waals surface area contributed by atoms with Gasteiger partial charge in [-0.1, -0.05) is 0 Å². The highest BCUT2D eigenvalue weighted by atomic mass is 19.2. The summed E-state index contributed by atoms with van der Waals surface area (Å²) in [5.74, 6) is -1.77. The van der Waals surface area contributed by atoms with Gasteiger partial charge in [-0.05, 0) is 13.8 Å². The summed E-state index contributed by atoms with van der Waals surface area (Å²) in [6.45, 7) is 3.92. The number of esters is 1. The van der Waals surface area contributed by atoms with Crippen LogP contribution >= 0.6 is 0 Å². The highest BCUT2D eigenvalue weighted by Crippen LogP contribution is 2.19. The van der Waals surface area contributed by atoms with Gasteiger partial charge in [0.2, 0.25) is 0 Å². The van der Waals surface area contributed by atoms with Gasteiger partial charge in [-0.25, -0.2) is 13.8 Å². The van der Waals surface area contributed by atoms with E-state index < -0.39 is 11.6 Å². The number of ether oxygens (including phenoxy) is 1. The van der Waals surface area contributed by atoms with Crippen LogP contribution in [-0.4, -0.2) is 35.6 Å². The Kier molecular flexibility index (Phi) is 4.85. The van der Waals surface area contributed by atoms with E-state index in [0.29, 0.717) is 12.4 Å². The van der Waals surface area contributed by atoms with E-state index in [1.807, 2.05) is 6.92 Å². The average molecular weight is 309 g/mol. The van der Waals surface area contributed by atoms with Gasteiger partial charge in [-0.2, -0.15) is 0 Å². The van der Waals surface area contributed by atoms with Crippen LogP contribution in [0.25, 0.3) is 11.0 Å². The fourth-order valence-electron chi connectivity index (χ4n) is 1.99. The molecule has 5 nitrogen and oxygen atoms in total. The average Bonchev–Trinajstić information content (AvgIpc) is 2.47. The van der Waals surface area contributed by atoms with Crippen LogP contribution < -0.4 is 4.90 Å². The highest BCUT2D eigenvalue weighted by molar-refractivity contribution is 5.76. The molecule has 22 heavy (non-hydrogen) atoms. The predicted octanol–water partition coefficient (Wildman–Crippen LogP) is 2.69. The Bertz CT molecular complexity index is 694. The van der Waals surface area contributed by atoms with Gasteiger partial charge >= 0.3 is 5.97 Å². The molecule has 0 N–H and O–H groups in total. The maximum atomic E-state index is 13.3. The summed E-state index contributed by atoms with van der Waals surface area (Å²) >= 11 is 0. The zero-order valence-electron chi connectivity index (χ0n) is 12.6. The van der Waals surface area contributed by atoms with Gasteiger partial charge in [-0.15, -0.1) is 0 Å². The summed E-state index contributed by atoms with van der Waals surface area (Å²) in [6, 6.07) is 1.84. The second-order valence-electron chi connectivity index (χ2n) is 4.95. The molecular weight excluding hydrogens is 292 g/mol. The molecule has 1 aromatic carbocycles. The molecule has 0 bridgehead atoms.